The van der Waals surface area contributed by atoms with Crippen molar-refractivity contribution in [2.45, 2.75) is 6.42 Å². The lowest BCUT2D eigenvalue weighted by Gasteiger charge is -2.22. The Morgan fingerprint density at radius 1 is 0.522 bits per heavy atom. The third-order valence-corrected chi connectivity index (χ3v) is 12.9. The summed E-state index contributed by atoms with van der Waals surface area (Å²) >= 11 is 0. The molecule has 0 fully saturated rings. The van der Waals surface area contributed by atoms with E-state index in [9.17, 15) is 0 Å². The molecule has 1 aliphatic rings. The van der Waals surface area contributed by atoms with Gasteiger partial charge in [0.15, 0.2) is 7.14 Å². The molecule has 4 heteroatoms. The van der Waals surface area contributed by atoms with Crippen LogP contribution in [0.15, 0.2) is 152 Å². The summed E-state index contributed by atoms with van der Waals surface area (Å²) in [6.07, 6.45) is 0.910. The highest BCUT2D eigenvalue weighted by molar-refractivity contribution is 7.85. The van der Waals surface area contributed by atoms with Gasteiger partial charge in [0.05, 0.1) is 16.6 Å². The third kappa shape index (κ3) is 3.49. The van der Waals surface area contributed by atoms with Crippen molar-refractivity contribution in [1.82, 2.24) is 9.38 Å². The molecule has 3 nitrogen and oxygen atoms in total. The van der Waals surface area contributed by atoms with Crippen molar-refractivity contribution >= 4 is 72.2 Å². The van der Waals surface area contributed by atoms with Crippen molar-refractivity contribution in [3.05, 3.63) is 163 Å². The predicted molar refractivity (Wildman–Crippen MR) is 193 cm³/mol. The molecule has 1 aliphatic carbocycles. The first kappa shape index (κ1) is 25.8. The van der Waals surface area contributed by atoms with Crippen LogP contribution in [-0.4, -0.2) is 9.38 Å². The fourth-order valence-corrected chi connectivity index (χ4v) is 10.4. The van der Waals surface area contributed by atoms with Gasteiger partial charge >= 0.3 is 0 Å². The van der Waals surface area contributed by atoms with E-state index in [0.717, 1.165) is 71.5 Å². The highest BCUT2D eigenvalue weighted by atomic mass is 31.2. The van der Waals surface area contributed by atoms with Gasteiger partial charge in [0.25, 0.3) is 0 Å². The van der Waals surface area contributed by atoms with Gasteiger partial charge in [0.2, 0.25) is 0 Å². The molecule has 216 valence electrons. The number of para-hydroxylation sites is 3. The van der Waals surface area contributed by atoms with E-state index in [0.29, 0.717) is 0 Å². The molecule has 2 heterocycles. The topological polar surface area (TPSA) is 34.4 Å². The monoisotopic (exact) mass is 606 g/mol. The van der Waals surface area contributed by atoms with Crippen LogP contribution in [0.3, 0.4) is 0 Å². The lowest BCUT2D eigenvalue weighted by Crippen LogP contribution is -2.25. The number of fused-ring (bicyclic) bond motifs is 13. The number of aromatic nitrogens is 2. The van der Waals surface area contributed by atoms with Gasteiger partial charge in [-0.1, -0.05) is 115 Å². The van der Waals surface area contributed by atoms with E-state index in [2.05, 4.69) is 120 Å². The molecule has 0 saturated heterocycles. The Kier molecular flexibility index (Phi) is 5.33. The number of rotatable bonds is 3. The maximum atomic E-state index is 15.9. The van der Waals surface area contributed by atoms with E-state index in [4.69, 9.17) is 4.98 Å². The van der Waals surface area contributed by atoms with E-state index in [-0.39, 0.29) is 0 Å². The van der Waals surface area contributed by atoms with Crippen LogP contribution in [0.1, 0.15) is 11.1 Å². The minimum atomic E-state index is -3.26. The molecule has 1 unspecified atom stereocenters. The lowest BCUT2D eigenvalue weighted by atomic mass is 9.99. The van der Waals surface area contributed by atoms with Crippen molar-refractivity contribution in [3.63, 3.8) is 0 Å². The van der Waals surface area contributed by atoms with Crippen molar-refractivity contribution in [1.29, 1.82) is 0 Å². The molecule has 1 atom stereocenters. The molecule has 0 bridgehead atoms. The molecular formula is C42H27N2OP. The normalized spacial score (nSPS) is 13.8. The molecule has 10 rings (SSSR count). The number of nitrogens with zero attached hydrogens (tertiary/aromatic N) is 2. The van der Waals surface area contributed by atoms with Gasteiger partial charge in [0, 0.05) is 32.1 Å². The first-order valence-corrected chi connectivity index (χ1v) is 17.4. The highest BCUT2D eigenvalue weighted by Crippen LogP contribution is 2.46. The van der Waals surface area contributed by atoms with Crippen LogP contribution in [0.2, 0.25) is 0 Å². The third-order valence-electron chi connectivity index (χ3n) is 9.85. The van der Waals surface area contributed by atoms with E-state index in [1.54, 1.807) is 0 Å². The first-order chi connectivity index (χ1) is 22.7. The molecule has 46 heavy (non-hydrogen) atoms. The second-order valence-electron chi connectivity index (χ2n) is 12.3. The van der Waals surface area contributed by atoms with E-state index >= 15 is 4.57 Å². The van der Waals surface area contributed by atoms with Crippen molar-refractivity contribution in [2.24, 2.45) is 0 Å². The van der Waals surface area contributed by atoms with Gasteiger partial charge in [-0.05, 0) is 75.8 Å². The number of benzene rings is 7. The Morgan fingerprint density at radius 3 is 2.13 bits per heavy atom. The number of imidazole rings is 1. The summed E-state index contributed by atoms with van der Waals surface area (Å²) in [4.78, 5) is 5.13. The standard InChI is InChI=1S/C42H27N2OP/c45-46(30-11-2-1-3-12-30,31-22-19-29-24-28-10-4-5-13-33(28)36(29)25-31)32-21-18-27-20-23-35-41(37(27)26-32)34-14-6-8-16-39(34)44-40-17-9-7-15-38(40)43-42(35)44/h1-23,25-26H,24H2. The number of pyridine rings is 1. The zero-order valence-electron chi connectivity index (χ0n) is 24.9. The van der Waals surface area contributed by atoms with Gasteiger partial charge in [-0.2, -0.15) is 0 Å². The summed E-state index contributed by atoms with van der Waals surface area (Å²) in [6.45, 7) is 0. The maximum absolute atomic E-state index is 15.9. The van der Waals surface area contributed by atoms with Crippen LogP contribution in [0.25, 0.3) is 60.3 Å². The molecule has 0 saturated carbocycles. The van der Waals surface area contributed by atoms with Crippen molar-refractivity contribution in [2.75, 3.05) is 0 Å². The van der Waals surface area contributed by atoms with Crippen LogP contribution in [-0.2, 0) is 11.0 Å². The highest BCUT2D eigenvalue weighted by Gasteiger charge is 2.32. The van der Waals surface area contributed by atoms with E-state index in [1.807, 2.05) is 36.4 Å². The molecule has 7 aromatic carbocycles. The minimum Gasteiger partial charge on any atom is -0.309 e. The second-order valence-corrected chi connectivity index (χ2v) is 15.1. The summed E-state index contributed by atoms with van der Waals surface area (Å²) in [5.41, 5.74) is 9.16. The average Bonchev–Trinajstić information content (AvgIpc) is 3.70. The second kappa shape index (κ2) is 9.50. The summed E-state index contributed by atoms with van der Waals surface area (Å²) < 4.78 is 18.2. The number of hydrogen-bond acceptors (Lipinski definition) is 2. The molecule has 2 aromatic heterocycles. The lowest BCUT2D eigenvalue weighted by molar-refractivity contribution is 0.592. The smallest absolute Gasteiger partial charge is 0.171 e. The Labute approximate surface area is 265 Å². The van der Waals surface area contributed by atoms with Crippen molar-refractivity contribution in [3.8, 4) is 11.1 Å². The molecule has 0 radical (unpaired) electrons. The molecule has 0 N–H and O–H groups in total. The Morgan fingerprint density at radius 2 is 1.22 bits per heavy atom. The average molecular weight is 607 g/mol. The molecule has 9 aromatic rings. The molecule has 0 spiro atoms. The summed E-state index contributed by atoms with van der Waals surface area (Å²) in [5, 5.41) is 8.12. The molecule has 0 aliphatic heterocycles. The van der Waals surface area contributed by atoms with Crippen LogP contribution in [0.4, 0.5) is 0 Å². The van der Waals surface area contributed by atoms with Gasteiger partial charge < -0.3 is 4.57 Å². The Hall–Kier alpha value is -5.50. The van der Waals surface area contributed by atoms with Crippen molar-refractivity contribution < 1.29 is 4.57 Å². The quantitative estimate of drug-likeness (QED) is 0.149. The summed E-state index contributed by atoms with van der Waals surface area (Å²) in [6, 6.07) is 52.8. The predicted octanol–water partition coefficient (Wildman–Crippen LogP) is 9.16. The maximum Gasteiger partial charge on any atom is 0.171 e. The van der Waals surface area contributed by atoms with Crippen LogP contribution in [0, 0.1) is 0 Å². The van der Waals surface area contributed by atoms with E-state index < -0.39 is 7.14 Å². The first-order valence-electron chi connectivity index (χ1n) is 15.7. The van der Waals surface area contributed by atoms with Crippen LogP contribution < -0.4 is 15.9 Å². The van der Waals surface area contributed by atoms with Gasteiger partial charge in [-0.3, -0.25) is 4.40 Å². The van der Waals surface area contributed by atoms with Crippen LogP contribution in [0.5, 0.6) is 0 Å². The van der Waals surface area contributed by atoms with Gasteiger partial charge in [-0.15, -0.1) is 0 Å². The summed E-state index contributed by atoms with van der Waals surface area (Å²) in [5.74, 6) is 0. The molecule has 0 amide bonds. The van der Waals surface area contributed by atoms with Gasteiger partial charge in [0.1, 0.15) is 5.65 Å². The fraction of sp³-hybridized carbons (Fsp3) is 0.0238. The van der Waals surface area contributed by atoms with E-state index in [1.165, 1.54) is 22.3 Å². The van der Waals surface area contributed by atoms with Crippen LogP contribution >= 0.6 is 7.14 Å². The zero-order chi connectivity index (χ0) is 30.4. The summed E-state index contributed by atoms with van der Waals surface area (Å²) in [7, 11) is -3.26. The molecular weight excluding hydrogens is 579 g/mol. The largest absolute Gasteiger partial charge is 0.309 e. The Balaban J connectivity index is 1.29. The Bertz CT molecular complexity index is 2760. The fourth-order valence-electron chi connectivity index (χ4n) is 7.70. The number of hydrogen-bond donors (Lipinski definition) is 0. The zero-order valence-corrected chi connectivity index (χ0v) is 25.8. The SMILES string of the molecule is O=P(c1ccccc1)(c1ccc2c(c1)-c1ccccc1C2)c1ccc2ccc3c(c2c1)c1ccccc1n1c2ccccc2nc31. The minimum absolute atomic E-state index is 0.836. The van der Waals surface area contributed by atoms with Gasteiger partial charge in [-0.25, -0.2) is 4.98 Å².